The number of rotatable bonds is 8. The van der Waals surface area contributed by atoms with E-state index >= 15 is 0 Å². The van der Waals surface area contributed by atoms with Crippen LogP contribution in [0.15, 0.2) is 23.1 Å². The number of ether oxygens (including phenoxy) is 1. The molecule has 1 aliphatic rings. The van der Waals surface area contributed by atoms with Crippen molar-refractivity contribution in [1.82, 2.24) is 4.72 Å². The van der Waals surface area contributed by atoms with Crippen molar-refractivity contribution in [2.24, 2.45) is 5.41 Å². The molecule has 2 rings (SSSR count). The summed E-state index contributed by atoms with van der Waals surface area (Å²) in [4.78, 5) is 0.166. The summed E-state index contributed by atoms with van der Waals surface area (Å²) in [6.07, 6.45) is 4.31. The fraction of sp³-hybridized carbons (Fsp3) is 0.600. The van der Waals surface area contributed by atoms with Gasteiger partial charge in [0, 0.05) is 12.1 Å². The van der Waals surface area contributed by atoms with Crippen molar-refractivity contribution in [3.63, 3.8) is 0 Å². The second-order valence-electron chi connectivity index (χ2n) is 5.71. The molecule has 2 N–H and O–H groups in total. The van der Waals surface area contributed by atoms with Crippen LogP contribution in [0.4, 0.5) is 0 Å². The van der Waals surface area contributed by atoms with Crippen molar-refractivity contribution < 1.29 is 18.3 Å². The van der Waals surface area contributed by atoms with E-state index in [9.17, 15) is 13.5 Å². The van der Waals surface area contributed by atoms with Gasteiger partial charge in [-0.3, -0.25) is 0 Å². The van der Waals surface area contributed by atoms with Gasteiger partial charge in [0.25, 0.3) is 0 Å². The highest BCUT2D eigenvalue weighted by Crippen LogP contribution is 2.49. The molecule has 1 aromatic rings. The van der Waals surface area contributed by atoms with Gasteiger partial charge in [-0.2, -0.15) is 0 Å². The molecule has 0 aliphatic heterocycles. The fourth-order valence-corrected chi connectivity index (χ4v) is 3.81. The number of hydrogen-bond donors (Lipinski definition) is 2. The number of nitrogens with one attached hydrogen (secondary N) is 1. The highest BCUT2D eigenvalue weighted by atomic mass is 32.2. The zero-order valence-corrected chi connectivity index (χ0v) is 13.4. The second kappa shape index (κ2) is 6.34. The minimum Gasteiger partial charge on any atom is -0.496 e. The molecule has 1 saturated carbocycles. The molecule has 1 fully saturated rings. The number of hydrogen-bond acceptors (Lipinski definition) is 4. The Morgan fingerprint density at radius 3 is 2.62 bits per heavy atom. The Morgan fingerprint density at radius 1 is 1.38 bits per heavy atom. The van der Waals surface area contributed by atoms with E-state index in [1.807, 2.05) is 0 Å². The SMILES string of the molecule is CCCC1(CNS(=O)(=O)c2ccc(OC)c(CO)c2)CC1. The first kappa shape index (κ1) is 16.3. The lowest BCUT2D eigenvalue weighted by molar-refractivity contribution is 0.273. The third-order valence-corrected chi connectivity index (χ3v) is 5.51. The predicted molar refractivity (Wildman–Crippen MR) is 80.7 cm³/mol. The maximum Gasteiger partial charge on any atom is 0.240 e. The van der Waals surface area contributed by atoms with Gasteiger partial charge in [-0.25, -0.2) is 13.1 Å². The second-order valence-corrected chi connectivity index (χ2v) is 7.47. The largest absolute Gasteiger partial charge is 0.496 e. The third kappa shape index (κ3) is 3.75. The summed E-state index contributed by atoms with van der Waals surface area (Å²) < 4.78 is 32.5. The normalized spacial score (nSPS) is 16.7. The average molecular weight is 313 g/mol. The first-order valence-electron chi connectivity index (χ1n) is 7.24. The minimum absolute atomic E-state index is 0.161. The molecule has 0 amide bonds. The summed E-state index contributed by atoms with van der Waals surface area (Å²) in [6.45, 7) is 2.35. The molecule has 21 heavy (non-hydrogen) atoms. The van der Waals surface area contributed by atoms with Gasteiger partial charge < -0.3 is 9.84 Å². The Labute approximate surface area is 126 Å². The molecule has 0 unspecified atom stereocenters. The van der Waals surface area contributed by atoms with Crippen LogP contribution >= 0.6 is 0 Å². The molecular formula is C15H23NO4S. The summed E-state index contributed by atoms with van der Waals surface area (Å²) in [5.74, 6) is 0.487. The van der Waals surface area contributed by atoms with Gasteiger partial charge in [-0.15, -0.1) is 0 Å². The number of methoxy groups -OCH3 is 1. The van der Waals surface area contributed by atoms with Crippen LogP contribution in [0.1, 0.15) is 38.2 Å². The summed E-state index contributed by atoms with van der Waals surface area (Å²) in [6, 6.07) is 4.53. The first-order chi connectivity index (χ1) is 9.96. The van der Waals surface area contributed by atoms with E-state index in [0.29, 0.717) is 17.9 Å². The van der Waals surface area contributed by atoms with Crippen molar-refractivity contribution >= 4 is 10.0 Å². The topological polar surface area (TPSA) is 75.6 Å². The molecule has 5 nitrogen and oxygen atoms in total. The Morgan fingerprint density at radius 2 is 2.10 bits per heavy atom. The molecule has 0 radical (unpaired) electrons. The Hall–Kier alpha value is -1.11. The highest BCUT2D eigenvalue weighted by molar-refractivity contribution is 7.89. The van der Waals surface area contributed by atoms with Gasteiger partial charge in [-0.05, 0) is 42.9 Å². The van der Waals surface area contributed by atoms with Gasteiger partial charge in [0.1, 0.15) is 5.75 Å². The number of aliphatic hydroxyl groups is 1. The van der Waals surface area contributed by atoms with Crippen molar-refractivity contribution in [1.29, 1.82) is 0 Å². The zero-order chi connectivity index (χ0) is 15.5. The Kier molecular flexibility index (Phi) is 4.91. The molecule has 0 aromatic heterocycles. The first-order valence-corrected chi connectivity index (χ1v) is 8.72. The molecule has 0 spiro atoms. The lowest BCUT2D eigenvalue weighted by atomic mass is 10.0. The molecule has 0 heterocycles. The smallest absolute Gasteiger partial charge is 0.240 e. The van der Waals surface area contributed by atoms with E-state index in [1.54, 1.807) is 6.07 Å². The molecule has 118 valence electrons. The van der Waals surface area contributed by atoms with Crippen LogP contribution in [0.3, 0.4) is 0 Å². The monoisotopic (exact) mass is 313 g/mol. The summed E-state index contributed by atoms with van der Waals surface area (Å²) >= 11 is 0. The van der Waals surface area contributed by atoms with Crippen molar-refractivity contribution in [3.8, 4) is 5.75 Å². The van der Waals surface area contributed by atoms with Gasteiger partial charge in [0.2, 0.25) is 10.0 Å². The molecule has 0 saturated heterocycles. The van der Waals surface area contributed by atoms with Gasteiger partial charge in [0.05, 0.1) is 18.6 Å². The van der Waals surface area contributed by atoms with E-state index in [-0.39, 0.29) is 16.9 Å². The predicted octanol–water partition coefficient (Wildman–Crippen LogP) is 2.05. The Bertz CT molecular complexity index is 594. The number of aliphatic hydroxyl groups excluding tert-OH is 1. The molecule has 1 aromatic carbocycles. The maximum atomic E-state index is 12.3. The third-order valence-electron chi connectivity index (χ3n) is 4.11. The van der Waals surface area contributed by atoms with Crippen LogP contribution in [0.25, 0.3) is 0 Å². The number of sulfonamides is 1. The number of benzene rings is 1. The molecule has 6 heteroatoms. The lowest BCUT2D eigenvalue weighted by Gasteiger charge is -2.16. The van der Waals surface area contributed by atoms with Crippen molar-refractivity contribution in [3.05, 3.63) is 23.8 Å². The van der Waals surface area contributed by atoms with Crippen molar-refractivity contribution in [2.45, 2.75) is 44.1 Å². The van der Waals surface area contributed by atoms with Crippen LogP contribution in [0.2, 0.25) is 0 Å². The van der Waals surface area contributed by atoms with Crippen LogP contribution < -0.4 is 9.46 Å². The van der Waals surface area contributed by atoms with Gasteiger partial charge >= 0.3 is 0 Å². The quantitative estimate of drug-likeness (QED) is 0.770. The molecule has 0 atom stereocenters. The maximum absolute atomic E-state index is 12.3. The molecule has 0 bridgehead atoms. The van der Waals surface area contributed by atoms with Gasteiger partial charge in [-0.1, -0.05) is 13.3 Å². The van der Waals surface area contributed by atoms with E-state index in [0.717, 1.165) is 25.7 Å². The Balaban J connectivity index is 2.12. The summed E-state index contributed by atoms with van der Waals surface area (Å²) in [5.41, 5.74) is 0.628. The summed E-state index contributed by atoms with van der Waals surface area (Å²) in [7, 11) is -2.06. The van der Waals surface area contributed by atoms with E-state index in [1.165, 1.54) is 19.2 Å². The van der Waals surface area contributed by atoms with Crippen molar-refractivity contribution in [2.75, 3.05) is 13.7 Å². The van der Waals surface area contributed by atoms with E-state index in [4.69, 9.17) is 4.74 Å². The fourth-order valence-electron chi connectivity index (χ4n) is 2.60. The van der Waals surface area contributed by atoms with E-state index < -0.39 is 10.0 Å². The summed E-state index contributed by atoms with van der Waals surface area (Å²) in [5, 5.41) is 9.28. The van der Waals surface area contributed by atoms with Crippen LogP contribution in [-0.2, 0) is 16.6 Å². The van der Waals surface area contributed by atoms with Crippen LogP contribution in [-0.4, -0.2) is 27.2 Å². The minimum atomic E-state index is -3.55. The lowest BCUT2D eigenvalue weighted by Crippen LogP contribution is -2.30. The standard InChI is InChI=1S/C15H23NO4S/c1-3-6-15(7-8-15)11-16-21(18,19)13-4-5-14(20-2)12(9-13)10-17/h4-5,9,16-17H,3,6-8,10-11H2,1-2H3. The average Bonchev–Trinajstić information content (AvgIpc) is 3.25. The van der Waals surface area contributed by atoms with Crippen LogP contribution in [0, 0.1) is 5.41 Å². The molecular weight excluding hydrogens is 290 g/mol. The zero-order valence-electron chi connectivity index (χ0n) is 12.6. The van der Waals surface area contributed by atoms with Crippen LogP contribution in [0.5, 0.6) is 5.75 Å². The van der Waals surface area contributed by atoms with E-state index in [2.05, 4.69) is 11.6 Å². The highest BCUT2D eigenvalue weighted by Gasteiger charge is 2.42. The van der Waals surface area contributed by atoms with Gasteiger partial charge in [0.15, 0.2) is 0 Å². The molecule has 1 aliphatic carbocycles.